The second-order valence-corrected chi connectivity index (χ2v) is 6.30. The van der Waals surface area contributed by atoms with Crippen LogP contribution >= 0.6 is 11.8 Å². The number of nitrogens with one attached hydrogen (secondary N) is 1. The summed E-state index contributed by atoms with van der Waals surface area (Å²) < 4.78 is 26.6. The van der Waals surface area contributed by atoms with Crippen molar-refractivity contribution in [2.75, 3.05) is 12.0 Å². The molecule has 1 aromatic carbocycles. The topological polar surface area (TPSA) is 66.4 Å². The van der Waals surface area contributed by atoms with Crippen LogP contribution in [0.1, 0.15) is 13.3 Å². The van der Waals surface area contributed by atoms with Crippen molar-refractivity contribution in [3.05, 3.63) is 24.3 Å². The van der Waals surface area contributed by atoms with Gasteiger partial charge < -0.3 is 5.11 Å². The van der Waals surface area contributed by atoms with Crippen LogP contribution in [-0.4, -0.2) is 31.6 Å². The highest BCUT2D eigenvalue weighted by Gasteiger charge is 2.18. The summed E-state index contributed by atoms with van der Waals surface area (Å²) in [7, 11) is -3.48. The van der Waals surface area contributed by atoms with E-state index in [2.05, 4.69) is 4.72 Å². The summed E-state index contributed by atoms with van der Waals surface area (Å²) in [6, 6.07) is 5.45. The molecule has 1 aromatic rings. The molecule has 96 valence electrons. The first-order valence-corrected chi connectivity index (χ1v) is 8.17. The van der Waals surface area contributed by atoms with E-state index in [-0.39, 0.29) is 16.7 Å². The van der Waals surface area contributed by atoms with Gasteiger partial charge in [0.05, 0.1) is 4.90 Å². The van der Waals surface area contributed by atoms with Crippen LogP contribution in [0.4, 0.5) is 0 Å². The minimum Gasteiger partial charge on any atom is -0.508 e. The highest BCUT2D eigenvalue weighted by molar-refractivity contribution is 7.98. The summed E-state index contributed by atoms with van der Waals surface area (Å²) in [5, 5.41) is 9.12. The Labute approximate surface area is 106 Å². The van der Waals surface area contributed by atoms with Gasteiger partial charge in [-0.2, -0.15) is 11.8 Å². The Kier molecular flexibility index (Phi) is 5.30. The van der Waals surface area contributed by atoms with Crippen molar-refractivity contribution in [1.29, 1.82) is 0 Å². The number of benzene rings is 1. The summed E-state index contributed by atoms with van der Waals surface area (Å²) in [5.41, 5.74) is 0. The maximum Gasteiger partial charge on any atom is 0.240 e. The number of sulfonamides is 1. The molecule has 0 radical (unpaired) electrons. The van der Waals surface area contributed by atoms with Crippen LogP contribution in [0.15, 0.2) is 29.2 Å². The van der Waals surface area contributed by atoms with Crippen LogP contribution in [0.3, 0.4) is 0 Å². The lowest BCUT2D eigenvalue weighted by Crippen LogP contribution is -2.36. The summed E-state index contributed by atoms with van der Waals surface area (Å²) in [6.07, 6.45) is 2.69. The van der Waals surface area contributed by atoms with E-state index in [1.54, 1.807) is 11.8 Å². The zero-order chi connectivity index (χ0) is 12.9. The smallest absolute Gasteiger partial charge is 0.240 e. The largest absolute Gasteiger partial charge is 0.508 e. The van der Waals surface area contributed by atoms with Crippen molar-refractivity contribution >= 4 is 21.8 Å². The molecule has 0 saturated heterocycles. The molecule has 2 N–H and O–H groups in total. The average Bonchev–Trinajstić information content (AvgIpc) is 2.28. The minimum atomic E-state index is -3.48. The molecule has 0 bridgehead atoms. The lowest BCUT2D eigenvalue weighted by Gasteiger charge is -2.15. The highest BCUT2D eigenvalue weighted by atomic mass is 32.2. The molecule has 1 unspecified atom stereocenters. The molecule has 1 rings (SSSR count). The molecule has 0 aliphatic heterocycles. The van der Waals surface area contributed by atoms with Crippen molar-refractivity contribution in [3.8, 4) is 5.75 Å². The fourth-order valence-electron chi connectivity index (χ4n) is 1.35. The van der Waals surface area contributed by atoms with E-state index in [9.17, 15) is 8.42 Å². The molecule has 0 spiro atoms. The predicted molar refractivity (Wildman–Crippen MR) is 70.9 cm³/mol. The Balaban J connectivity index is 2.84. The van der Waals surface area contributed by atoms with Crippen LogP contribution < -0.4 is 4.72 Å². The Morgan fingerprint density at radius 2 is 1.94 bits per heavy atom. The van der Waals surface area contributed by atoms with E-state index in [0.717, 1.165) is 12.2 Å². The van der Waals surface area contributed by atoms with Crippen molar-refractivity contribution < 1.29 is 13.5 Å². The maximum absolute atomic E-state index is 12.0. The van der Waals surface area contributed by atoms with Gasteiger partial charge in [0.15, 0.2) is 0 Å². The molecule has 1 atom stereocenters. The van der Waals surface area contributed by atoms with E-state index in [1.807, 2.05) is 13.2 Å². The fraction of sp³-hybridized carbons (Fsp3) is 0.455. The van der Waals surface area contributed by atoms with Gasteiger partial charge in [-0.25, -0.2) is 13.1 Å². The monoisotopic (exact) mass is 275 g/mol. The number of rotatable bonds is 6. The molecule has 0 amide bonds. The molecule has 0 saturated carbocycles. The lowest BCUT2D eigenvalue weighted by atomic mass is 10.3. The Morgan fingerprint density at radius 1 is 1.35 bits per heavy atom. The fourth-order valence-corrected chi connectivity index (χ4v) is 3.50. The van der Waals surface area contributed by atoms with Crippen LogP contribution in [0.2, 0.25) is 0 Å². The third kappa shape index (κ3) is 4.22. The molecule has 4 nitrogen and oxygen atoms in total. The van der Waals surface area contributed by atoms with Gasteiger partial charge in [-0.05, 0) is 36.9 Å². The minimum absolute atomic E-state index is 0.0557. The molecule has 0 aromatic heterocycles. The van der Waals surface area contributed by atoms with E-state index >= 15 is 0 Å². The normalized spacial score (nSPS) is 13.5. The molecule has 0 aliphatic carbocycles. The van der Waals surface area contributed by atoms with Gasteiger partial charge in [-0.15, -0.1) is 0 Å². The van der Waals surface area contributed by atoms with Gasteiger partial charge in [0.1, 0.15) is 5.75 Å². The zero-order valence-electron chi connectivity index (χ0n) is 9.88. The number of thioether (sulfide) groups is 1. The third-order valence-corrected chi connectivity index (χ3v) is 4.60. The van der Waals surface area contributed by atoms with E-state index < -0.39 is 10.0 Å². The average molecular weight is 275 g/mol. The van der Waals surface area contributed by atoms with Gasteiger partial charge in [0.2, 0.25) is 10.0 Å². The molecular formula is C11H17NO3S2. The van der Waals surface area contributed by atoms with Crippen LogP contribution in [0.25, 0.3) is 0 Å². The Morgan fingerprint density at radius 3 is 2.41 bits per heavy atom. The van der Waals surface area contributed by atoms with Crippen molar-refractivity contribution in [2.24, 2.45) is 0 Å². The first kappa shape index (κ1) is 14.3. The molecule has 0 fully saturated rings. The van der Waals surface area contributed by atoms with Gasteiger partial charge in [-0.1, -0.05) is 6.92 Å². The zero-order valence-corrected chi connectivity index (χ0v) is 11.5. The van der Waals surface area contributed by atoms with Crippen LogP contribution in [0, 0.1) is 0 Å². The van der Waals surface area contributed by atoms with Gasteiger partial charge in [-0.3, -0.25) is 0 Å². The van der Waals surface area contributed by atoms with E-state index in [4.69, 9.17) is 5.11 Å². The molecule has 0 aliphatic rings. The number of aromatic hydroxyl groups is 1. The molecule has 0 heterocycles. The van der Waals surface area contributed by atoms with Crippen molar-refractivity contribution in [2.45, 2.75) is 24.3 Å². The maximum atomic E-state index is 12.0. The Bertz CT molecular complexity index is 442. The van der Waals surface area contributed by atoms with E-state index in [1.165, 1.54) is 24.3 Å². The first-order valence-electron chi connectivity index (χ1n) is 5.30. The third-order valence-electron chi connectivity index (χ3n) is 2.33. The number of phenolic OH excluding ortho intramolecular Hbond substituents is 1. The van der Waals surface area contributed by atoms with Gasteiger partial charge in [0, 0.05) is 11.8 Å². The van der Waals surface area contributed by atoms with Gasteiger partial charge >= 0.3 is 0 Å². The summed E-state index contributed by atoms with van der Waals surface area (Å²) >= 11 is 1.61. The summed E-state index contributed by atoms with van der Waals surface area (Å²) in [6.45, 7) is 1.94. The number of hydrogen-bond donors (Lipinski definition) is 2. The van der Waals surface area contributed by atoms with Crippen LogP contribution in [-0.2, 0) is 10.0 Å². The molecular weight excluding hydrogens is 258 g/mol. The summed E-state index contributed by atoms with van der Waals surface area (Å²) in [4.78, 5) is 0.176. The van der Waals surface area contributed by atoms with E-state index in [0.29, 0.717) is 0 Å². The van der Waals surface area contributed by atoms with Gasteiger partial charge in [0.25, 0.3) is 0 Å². The predicted octanol–water partition coefficient (Wildman–Crippen LogP) is 1.81. The second-order valence-electron chi connectivity index (χ2n) is 3.68. The van der Waals surface area contributed by atoms with Crippen LogP contribution in [0.5, 0.6) is 5.75 Å². The quantitative estimate of drug-likeness (QED) is 0.831. The highest BCUT2D eigenvalue weighted by Crippen LogP contribution is 2.15. The first-order chi connectivity index (χ1) is 7.99. The summed E-state index contributed by atoms with van der Waals surface area (Å²) in [5.74, 6) is 0.800. The standard InChI is InChI=1S/C11H17NO3S2/c1-3-9(8-16-2)12-17(14,15)11-6-4-10(13)5-7-11/h4-7,9,12-13H,3,8H2,1-2H3. The Hall–Kier alpha value is -0.720. The molecule has 6 heteroatoms. The number of hydrogen-bond acceptors (Lipinski definition) is 4. The van der Waals surface area contributed by atoms with Crippen molar-refractivity contribution in [3.63, 3.8) is 0 Å². The SMILES string of the molecule is CCC(CSC)NS(=O)(=O)c1ccc(O)cc1. The second kappa shape index (κ2) is 6.28. The molecule has 17 heavy (non-hydrogen) atoms. The number of phenols is 1. The lowest BCUT2D eigenvalue weighted by molar-refractivity contribution is 0.474. The van der Waals surface area contributed by atoms with Crippen molar-refractivity contribution in [1.82, 2.24) is 4.72 Å².